The van der Waals surface area contributed by atoms with Gasteiger partial charge in [0.1, 0.15) is 0 Å². The van der Waals surface area contributed by atoms with E-state index >= 15 is 0 Å². The van der Waals surface area contributed by atoms with E-state index in [1.54, 1.807) is 0 Å². The van der Waals surface area contributed by atoms with Gasteiger partial charge in [-0.15, -0.1) is 0 Å². The molecule has 1 saturated carbocycles. The number of hydrazine groups is 1. The molecule has 5 heteroatoms. The second kappa shape index (κ2) is 5.42. The molecule has 0 heterocycles. The van der Waals surface area contributed by atoms with Gasteiger partial charge in [-0.3, -0.25) is 10.4 Å². The monoisotopic (exact) mass is 250 g/mol. The first kappa shape index (κ1) is 12.3. The summed E-state index contributed by atoms with van der Waals surface area (Å²) in [4.78, 5) is 4.49. The summed E-state index contributed by atoms with van der Waals surface area (Å²) in [5, 5.41) is 3.16. The molecule has 4 nitrogen and oxygen atoms in total. The lowest BCUT2D eigenvalue weighted by Crippen LogP contribution is -2.37. The molecule has 0 aliphatic heterocycles. The van der Waals surface area contributed by atoms with Crippen molar-refractivity contribution in [2.45, 2.75) is 17.6 Å². The van der Waals surface area contributed by atoms with Gasteiger partial charge in [0.15, 0.2) is 0 Å². The van der Waals surface area contributed by atoms with Crippen LogP contribution in [0.4, 0.5) is 5.69 Å². The standard InChI is InChI=1S/C12H18N4S/c1-17-12(7-8-12)9-14-11(16-13)15-10-5-3-2-4-6-10/h2-6H,7-9,13H2,1H3,(H2,14,15,16). The zero-order valence-corrected chi connectivity index (χ0v) is 10.8. The first-order chi connectivity index (χ1) is 8.28. The maximum absolute atomic E-state index is 5.46. The first-order valence-electron chi connectivity index (χ1n) is 5.66. The van der Waals surface area contributed by atoms with Gasteiger partial charge in [-0.2, -0.15) is 11.8 Å². The van der Waals surface area contributed by atoms with Crippen LogP contribution in [0.3, 0.4) is 0 Å². The number of aliphatic imine (C=N–C) groups is 1. The van der Waals surface area contributed by atoms with Crippen LogP contribution in [0.5, 0.6) is 0 Å². The SMILES string of the molecule is CSC1(CN=C(NN)Nc2ccccc2)CC1. The molecule has 92 valence electrons. The number of thioether (sulfide) groups is 1. The van der Waals surface area contributed by atoms with Crippen LogP contribution >= 0.6 is 11.8 Å². The first-order valence-corrected chi connectivity index (χ1v) is 6.89. The molecule has 0 radical (unpaired) electrons. The molecule has 4 N–H and O–H groups in total. The van der Waals surface area contributed by atoms with Crippen LogP contribution in [0.15, 0.2) is 35.3 Å². The average molecular weight is 250 g/mol. The Kier molecular flexibility index (Phi) is 3.91. The number of benzene rings is 1. The molecule has 0 saturated heterocycles. The van der Waals surface area contributed by atoms with Crippen LogP contribution in [0.1, 0.15) is 12.8 Å². The molecule has 0 bridgehead atoms. The van der Waals surface area contributed by atoms with Crippen LogP contribution in [0, 0.1) is 0 Å². The van der Waals surface area contributed by atoms with E-state index in [1.807, 2.05) is 42.1 Å². The third-order valence-corrected chi connectivity index (χ3v) is 4.34. The van der Waals surface area contributed by atoms with Gasteiger partial charge in [0.25, 0.3) is 0 Å². The Labute approximate surface area is 106 Å². The number of rotatable bonds is 4. The van der Waals surface area contributed by atoms with E-state index in [4.69, 9.17) is 5.84 Å². The summed E-state index contributed by atoms with van der Waals surface area (Å²) in [7, 11) is 0. The van der Waals surface area contributed by atoms with Gasteiger partial charge in [-0.05, 0) is 31.2 Å². The Morgan fingerprint density at radius 3 is 2.65 bits per heavy atom. The normalized spacial score (nSPS) is 17.6. The number of nitrogens with zero attached hydrogens (tertiary/aromatic N) is 1. The maximum atomic E-state index is 5.46. The van der Waals surface area contributed by atoms with Crippen molar-refractivity contribution in [2.24, 2.45) is 10.8 Å². The van der Waals surface area contributed by atoms with Crippen molar-refractivity contribution in [3.8, 4) is 0 Å². The summed E-state index contributed by atoms with van der Waals surface area (Å²) in [6.45, 7) is 0.813. The molecule has 0 atom stereocenters. The molecule has 0 spiro atoms. The second-order valence-corrected chi connectivity index (χ2v) is 5.46. The number of para-hydroxylation sites is 1. The number of nitrogens with two attached hydrogens (primary N) is 1. The van der Waals surface area contributed by atoms with Gasteiger partial charge < -0.3 is 5.32 Å². The maximum Gasteiger partial charge on any atom is 0.210 e. The highest BCUT2D eigenvalue weighted by atomic mass is 32.2. The van der Waals surface area contributed by atoms with Crippen LogP contribution < -0.4 is 16.6 Å². The van der Waals surface area contributed by atoms with E-state index in [9.17, 15) is 0 Å². The zero-order chi connectivity index (χ0) is 12.1. The van der Waals surface area contributed by atoms with Crippen molar-refractivity contribution in [1.29, 1.82) is 0 Å². The van der Waals surface area contributed by atoms with Gasteiger partial charge >= 0.3 is 0 Å². The smallest absolute Gasteiger partial charge is 0.210 e. The Balaban J connectivity index is 1.94. The minimum atomic E-state index is 0.362. The molecule has 1 aromatic rings. The van der Waals surface area contributed by atoms with Gasteiger partial charge in [0, 0.05) is 10.4 Å². The number of hydrogen-bond donors (Lipinski definition) is 3. The molecule has 1 aromatic carbocycles. The average Bonchev–Trinajstić information content (AvgIpc) is 3.16. The molecular weight excluding hydrogens is 232 g/mol. The summed E-state index contributed by atoms with van der Waals surface area (Å²) in [5.74, 6) is 6.08. The van der Waals surface area contributed by atoms with E-state index in [-0.39, 0.29) is 0 Å². The topological polar surface area (TPSA) is 62.4 Å². The third kappa shape index (κ3) is 3.38. The highest BCUT2D eigenvalue weighted by molar-refractivity contribution is 8.00. The van der Waals surface area contributed by atoms with Crippen LogP contribution in [-0.4, -0.2) is 23.5 Å². The molecule has 17 heavy (non-hydrogen) atoms. The molecule has 1 aliphatic rings. The molecule has 0 aromatic heterocycles. The molecular formula is C12H18N4S. The fraction of sp³-hybridized carbons (Fsp3) is 0.417. The van der Waals surface area contributed by atoms with Crippen LogP contribution in [-0.2, 0) is 0 Å². The van der Waals surface area contributed by atoms with Crippen LogP contribution in [0.2, 0.25) is 0 Å². The van der Waals surface area contributed by atoms with Gasteiger partial charge in [0.05, 0.1) is 6.54 Å². The lowest BCUT2D eigenvalue weighted by Gasteiger charge is -2.12. The van der Waals surface area contributed by atoms with Crippen molar-refractivity contribution < 1.29 is 0 Å². The fourth-order valence-corrected chi connectivity index (χ4v) is 2.27. The zero-order valence-electron chi connectivity index (χ0n) is 9.94. The predicted octanol–water partition coefficient (Wildman–Crippen LogP) is 1.81. The minimum absolute atomic E-state index is 0.362. The summed E-state index contributed by atoms with van der Waals surface area (Å²) in [5.41, 5.74) is 3.59. The highest BCUT2D eigenvalue weighted by Gasteiger charge is 2.41. The van der Waals surface area contributed by atoms with E-state index in [1.165, 1.54) is 12.8 Å². The van der Waals surface area contributed by atoms with E-state index in [2.05, 4.69) is 22.0 Å². The fourth-order valence-electron chi connectivity index (χ4n) is 1.57. The largest absolute Gasteiger partial charge is 0.325 e. The Hall–Kier alpha value is -1.20. The lowest BCUT2D eigenvalue weighted by molar-refractivity contribution is 0.882. The van der Waals surface area contributed by atoms with Crippen molar-refractivity contribution in [3.05, 3.63) is 30.3 Å². The van der Waals surface area contributed by atoms with Crippen LogP contribution in [0.25, 0.3) is 0 Å². The Morgan fingerprint density at radius 2 is 2.12 bits per heavy atom. The van der Waals surface area contributed by atoms with Crippen molar-refractivity contribution >= 4 is 23.4 Å². The molecule has 2 rings (SSSR count). The quantitative estimate of drug-likeness (QED) is 0.330. The van der Waals surface area contributed by atoms with E-state index in [0.29, 0.717) is 10.7 Å². The summed E-state index contributed by atoms with van der Waals surface area (Å²) >= 11 is 1.89. The minimum Gasteiger partial charge on any atom is -0.325 e. The molecule has 1 aliphatic carbocycles. The molecule has 1 fully saturated rings. The lowest BCUT2D eigenvalue weighted by atomic mass is 10.3. The van der Waals surface area contributed by atoms with Crippen molar-refractivity contribution in [1.82, 2.24) is 5.43 Å². The number of nitrogens with one attached hydrogen (secondary N) is 2. The van der Waals surface area contributed by atoms with Crippen molar-refractivity contribution in [3.63, 3.8) is 0 Å². The summed E-state index contributed by atoms with van der Waals surface area (Å²) in [6, 6.07) is 9.88. The summed E-state index contributed by atoms with van der Waals surface area (Å²) < 4.78 is 0.362. The van der Waals surface area contributed by atoms with Gasteiger partial charge in [-0.1, -0.05) is 18.2 Å². The number of anilines is 1. The highest BCUT2D eigenvalue weighted by Crippen LogP contribution is 2.47. The molecule has 0 unspecified atom stereocenters. The predicted molar refractivity (Wildman–Crippen MR) is 75.2 cm³/mol. The van der Waals surface area contributed by atoms with Crippen molar-refractivity contribution in [2.75, 3.05) is 18.1 Å². The van der Waals surface area contributed by atoms with E-state index < -0.39 is 0 Å². The molecule has 0 amide bonds. The summed E-state index contributed by atoms with van der Waals surface area (Å²) in [6.07, 6.45) is 4.64. The third-order valence-electron chi connectivity index (χ3n) is 2.94. The van der Waals surface area contributed by atoms with Gasteiger partial charge in [-0.25, -0.2) is 5.84 Å². The Morgan fingerprint density at radius 1 is 1.41 bits per heavy atom. The second-order valence-electron chi connectivity index (χ2n) is 4.19. The number of hydrogen-bond acceptors (Lipinski definition) is 3. The number of guanidine groups is 1. The van der Waals surface area contributed by atoms with Gasteiger partial charge in [0.2, 0.25) is 5.96 Å². The van der Waals surface area contributed by atoms with E-state index in [0.717, 1.165) is 12.2 Å². The Bertz CT molecular complexity index is 387.